The van der Waals surface area contributed by atoms with E-state index in [1.54, 1.807) is 11.9 Å². The predicted molar refractivity (Wildman–Crippen MR) is 67.8 cm³/mol. The van der Waals surface area contributed by atoms with Crippen molar-refractivity contribution < 1.29 is 9.59 Å². The summed E-state index contributed by atoms with van der Waals surface area (Å²) in [6, 6.07) is 0. The van der Waals surface area contributed by atoms with Gasteiger partial charge in [0.1, 0.15) is 0 Å². The van der Waals surface area contributed by atoms with E-state index >= 15 is 0 Å². The van der Waals surface area contributed by atoms with Crippen molar-refractivity contribution >= 4 is 11.8 Å². The van der Waals surface area contributed by atoms with Crippen LogP contribution in [0.2, 0.25) is 0 Å². The van der Waals surface area contributed by atoms with Gasteiger partial charge >= 0.3 is 0 Å². The zero-order valence-corrected chi connectivity index (χ0v) is 11.4. The fourth-order valence-corrected chi connectivity index (χ4v) is 1.56. The van der Waals surface area contributed by atoms with Crippen molar-refractivity contribution in [2.24, 2.45) is 0 Å². The summed E-state index contributed by atoms with van der Waals surface area (Å²) in [5.41, 5.74) is 1.95. The van der Waals surface area contributed by atoms with Crippen LogP contribution in [-0.2, 0) is 22.7 Å². The SMILES string of the molecule is CCn1cc(CN(C)C(=O)CNC(C)=O)c(C)n1. The number of aromatic nitrogens is 2. The van der Waals surface area contributed by atoms with Crippen LogP contribution in [0.15, 0.2) is 6.20 Å². The van der Waals surface area contributed by atoms with E-state index in [0.29, 0.717) is 6.54 Å². The molecule has 0 saturated carbocycles. The molecule has 0 aromatic carbocycles. The van der Waals surface area contributed by atoms with Crippen molar-refractivity contribution in [1.82, 2.24) is 20.0 Å². The third-order valence-electron chi connectivity index (χ3n) is 2.69. The van der Waals surface area contributed by atoms with Gasteiger partial charge in [-0.2, -0.15) is 5.10 Å². The Morgan fingerprint density at radius 1 is 1.50 bits per heavy atom. The molecule has 0 fully saturated rings. The summed E-state index contributed by atoms with van der Waals surface area (Å²) in [6.45, 7) is 6.68. The second kappa shape index (κ2) is 6.18. The molecule has 100 valence electrons. The summed E-state index contributed by atoms with van der Waals surface area (Å²) in [5.74, 6) is -0.319. The number of carbonyl (C=O) groups excluding carboxylic acids is 2. The average Bonchev–Trinajstić information content (AvgIpc) is 2.67. The number of hydrogen-bond acceptors (Lipinski definition) is 3. The minimum atomic E-state index is -0.202. The third kappa shape index (κ3) is 3.87. The molecule has 6 heteroatoms. The number of likely N-dealkylation sites (N-methyl/N-ethyl adjacent to an activating group) is 1. The van der Waals surface area contributed by atoms with E-state index in [0.717, 1.165) is 17.8 Å². The molecule has 1 rings (SSSR count). The molecule has 1 aromatic rings. The maximum Gasteiger partial charge on any atom is 0.242 e. The maximum atomic E-state index is 11.7. The lowest BCUT2D eigenvalue weighted by Gasteiger charge is -2.16. The van der Waals surface area contributed by atoms with E-state index in [-0.39, 0.29) is 18.4 Å². The summed E-state index contributed by atoms with van der Waals surface area (Å²) in [6.07, 6.45) is 1.94. The van der Waals surface area contributed by atoms with Crippen LogP contribution in [0, 0.1) is 6.92 Å². The molecule has 0 atom stereocenters. The number of rotatable bonds is 5. The number of hydrogen-bond donors (Lipinski definition) is 1. The lowest BCUT2D eigenvalue weighted by molar-refractivity contribution is -0.131. The number of amides is 2. The summed E-state index contributed by atoms with van der Waals surface area (Å²) in [4.78, 5) is 24.0. The molecule has 0 saturated heterocycles. The monoisotopic (exact) mass is 252 g/mol. The quantitative estimate of drug-likeness (QED) is 0.820. The molecule has 0 bridgehead atoms. The second-order valence-corrected chi connectivity index (χ2v) is 4.25. The van der Waals surface area contributed by atoms with Crippen LogP contribution in [-0.4, -0.2) is 40.1 Å². The fourth-order valence-electron chi connectivity index (χ4n) is 1.56. The predicted octanol–water partition coefficient (Wildman–Crippen LogP) is 0.306. The Balaban J connectivity index is 2.57. The Hall–Kier alpha value is -1.85. The molecule has 2 amide bonds. The zero-order valence-electron chi connectivity index (χ0n) is 11.4. The van der Waals surface area contributed by atoms with Gasteiger partial charge in [0.15, 0.2) is 0 Å². The minimum Gasteiger partial charge on any atom is -0.347 e. The molecule has 0 aliphatic carbocycles. The van der Waals surface area contributed by atoms with Gasteiger partial charge in [0.05, 0.1) is 12.2 Å². The molecule has 18 heavy (non-hydrogen) atoms. The van der Waals surface area contributed by atoms with Crippen molar-refractivity contribution in [3.63, 3.8) is 0 Å². The van der Waals surface area contributed by atoms with Gasteiger partial charge < -0.3 is 10.2 Å². The lowest BCUT2D eigenvalue weighted by atomic mass is 10.2. The highest BCUT2D eigenvalue weighted by atomic mass is 16.2. The van der Waals surface area contributed by atoms with Crippen molar-refractivity contribution in [3.8, 4) is 0 Å². The molecule has 1 N–H and O–H groups in total. The van der Waals surface area contributed by atoms with Crippen LogP contribution in [0.1, 0.15) is 25.1 Å². The first-order valence-electron chi connectivity index (χ1n) is 5.95. The van der Waals surface area contributed by atoms with Gasteiger partial charge in [-0.15, -0.1) is 0 Å². The van der Waals surface area contributed by atoms with E-state index in [9.17, 15) is 9.59 Å². The number of nitrogens with zero attached hydrogens (tertiary/aromatic N) is 3. The Bertz CT molecular complexity index is 439. The van der Waals surface area contributed by atoms with Crippen LogP contribution in [0.4, 0.5) is 0 Å². The number of carbonyl (C=O) groups is 2. The van der Waals surface area contributed by atoms with Gasteiger partial charge in [0, 0.05) is 38.8 Å². The summed E-state index contributed by atoms with van der Waals surface area (Å²) in [7, 11) is 1.72. The topological polar surface area (TPSA) is 67.2 Å². The Kier molecular flexibility index (Phi) is 4.88. The Morgan fingerprint density at radius 2 is 2.17 bits per heavy atom. The Labute approximate surface area is 107 Å². The molecule has 0 spiro atoms. The summed E-state index contributed by atoms with van der Waals surface area (Å²) >= 11 is 0. The van der Waals surface area contributed by atoms with Crippen LogP contribution in [0.5, 0.6) is 0 Å². The van der Waals surface area contributed by atoms with Crippen molar-refractivity contribution in [2.45, 2.75) is 33.9 Å². The first kappa shape index (κ1) is 14.2. The van der Waals surface area contributed by atoms with E-state index in [1.807, 2.05) is 24.7 Å². The van der Waals surface area contributed by atoms with Crippen LogP contribution in [0.3, 0.4) is 0 Å². The highest BCUT2D eigenvalue weighted by Crippen LogP contribution is 2.08. The molecular formula is C12H20N4O2. The summed E-state index contributed by atoms with van der Waals surface area (Å²) < 4.78 is 1.84. The minimum absolute atomic E-state index is 0.0345. The molecule has 0 unspecified atom stereocenters. The standard InChI is InChI=1S/C12H20N4O2/c1-5-16-8-11(9(2)14-16)7-15(4)12(18)6-13-10(3)17/h8H,5-7H2,1-4H3,(H,13,17). The Morgan fingerprint density at radius 3 is 2.67 bits per heavy atom. The van der Waals surface area contributed by atoms with E-state index in [4.69, 9.17) is 0 Å². The number of nitrogens with one attached hydrogen (secondary N) is 1. The molecule has 1 aromatic heterocycles. The first-order chi connectivity index (χ1) is 8.43. The maximum absolute atomic E-state index is 11.7. The molecule has 0 radical (unpaired) electrons. The third-order valence-corrected chi connectivity index (χ3v) is 2.69. The van der Waals surface area contributed by atoms with E-state index in [2.05, 4.69) is 10.4 Å². The van der Waals surface area contributed by atoms with Gasteiger partial charge in [0.2, 0.25) is 11.8 Å². The smallest absolute Gasteiger partial charge is 0.242 e. The van der Waals surface area contributed by atoms with Crippen molar-refractivity contribution in [1.29, 1.82) is 0 Å². The second-order valence-electron chi connectivity index (χ2n) is 4.25. The zero-order chi connectivity index (χ0) is 13.7. The largest absolute Gasteiger partial charge is 0.347 e. The van der Waals surface area contributed by atoms with Gasteiger partial charge in [-0.1, -0.05) is 0 Å². The fraction of sp³-hybridized carbons (Fsp3) is 0.583. The van der Waals surface area contributed by atoms with Crippen LogP contribution in [0.25, 0.3) is 0 Å². The highest BCUT2D eigenvalue weighted by Gasteiger charge is 2.12. The lowest BCUT2D eigenvalue weighted by Crippen LogP contribution is -2.36. The van der Waals surface area contributed by atoms with Crippen LogP contribution >= 0.6 is 0 Å². The molecular weight excluding hydrogens is 232 g/mol. The van der Waals surface area contributed by atoms with Gasteiger partial charge in [-0.3, -0.25) is 14.3 Å². The average molecular weight is 252 g/mol. The first-order valence-corrected chi connectivity index (χ1v) is 5.95. The van der Waals surface area contributed by atoms with Gasteiger partial charge in [-0.05, 0) is 13.8 Å². The number of aryl methyl sites for hydroxylation is 2. The van der Waals surface area contributed by atoms with Crippen molar-refractivity contribution in [3.05, 3.63) is 17.5 Å². The van der Waals surface area contributed by atoms with Gasteiger partial charge in [-0.25, -0.2) is 0 Å². The van der Waals surface area contributed by atoms with Crippen LogP contribution < -0.4 is 5.32 Å². The molecule has 0 aliphatic rings. The molecule has 1 heterocycles. The molecule has 0 aliphatic heterocycles. The summed E-state index contributed by atoms with van der Waals surface area (Å²) in [5, 5.41) is 6.82. The van der Waals surface area contributed by atoms with E-state index in [1.165, 1.54) is 6.92 Å². The van der Waals surface area contributed by atoms with Gasteiger partial charge in [0.25, 0.3) is 0 Å². The normalized spacial score (nSPS) is 10.2. The van der Waals surface area contributed by atoms with E-state index < -0.39 is 0 Å². The van der Waals surface area contributed by atoms with Crippen molar-refractivity contribution in [2.75, 3.05) is 13.6 Å². The highest BCUT2D eigenvalue weighted by molar-refractivity contribution is 5.83. The molecule has 6 nitrogen and oxygen atoms in total.